The highest BCUT2D eigenvalue weighted by atomic mass is 32.2. The minimum Gasteiger partial charge on any atom is -0.306 e. The van der Waals surface area contributed by atoms with Gasteiger partial charge in [-0.25, -0.2) is 8.42 Å². The summed E-state index contributed by atoms with van der Waals surface area (Å²) in [7, 11) is -3.43. The van der Waals surface area contributed by atoms with Crippen molar-refractivity contribution in [3.8, 4) is 0 Å². The number of amides is 1. The maximum atomic E-state index is 12.7. The van der Waals surface area contributed by atoms with Crippen molar-refractivity contribution in [3.63, 3.8) is 0 Å². The van der Waals surface area contributed by atoms with Crippen LogP contribution in [-0.4, -0.2) is 43.2 Å². The molecule has 3 heterocycles. The van der Waals surface area contributed by atoms with Crippen LogP contribution in [-0.2, 0) is 16.4 Å². The van der Waals surface area contributed by atoms with E-state index in [9.17, 15) is 13.2 Å². The molecule has 0 radical (unpaired) electrons. The van der Waals surface area contributed by atoms with Gasteiger partial charge in [0.15, 0.2) is 0 Å². The third kappa shape index (κ3) is 2.83. The lowest BCUT2D eigenvalue weighted by molar-refractivity contribution is 0.0984. The molecule has 0 atom stereocenters. The zero-order chi connectivity index (χ0) is 17.4. The Balaban J connectivity index is 1.64. The lowest BCUT2D eigenvalue weighted by Gasteiger charge is -2.18. The van der Waals surface area contributed by atoms with Gasteiger partial charge in [-0.15, -0.1) is 0 Å². The summed E-state index contributed by atoms with van der Waals surface area (Å²) in [5.74, 6) is -0.158. The zero-order valence-electron chi connectivity index (χ0n) is 13.8. The number of fused-ring (bicyclic) bond motifs is 1. The molecular weight excluding hydrogens is 338 g/mol. The molecule has 130 valence electrons. The number of aromatic nitrogens is 1. The molecule has 0 unspecified atom stereocenters. The Morgan fingerprint density at radius 3 is 2.56 bits per heavy atom. The molecular formula is C18H19N3O3S. The third-order valence-corrected chi connectivity index (χ3v) is 6.67. The Hall–Kier alpha value is -2.25. The fourth-order valence-corrected chi connectivity index (χ4v) is 5.02. The molecule has 1 aromatic heterocycles. The number of hydrogen-bond acceptors (Lipinski definition) is 4. The van der Waals surface area contributed by atoms with Gasteiger partial charge in [-0.2, -0.15) is 4.31 Å². The van der Waals surface area contributed by atoms with E-state index in [1.54, 1.807) is 51.8 Å². The van der Waals surface area contributed by atoms with Crippen molar-refractivity contribution >= 4 is 21.6 Å². The van der Waals surface area contributed by atoms with Crippen LogP contribution in [0, 0.1) is 0 Å². The predicted molar refractivity (Wildman–Crippen MR) is 94.1 cm³/mol. The number of pyridine rings is 1. The molecule has 25 heavy (non-hydrogen) atoms. The van der Waals surface area contributed by atoms with Crippen LogP contribution in [0.1, 0.15) is 28.9 Å². The molecule has 0 aliphatic carbocycles. The molecule has 1 aromatic carbocycles. The van der Waals surface area contributed by atoms with Crippen LogP contribution in [0.15, 0.2) is 47.5 Å². The fraction of sp³-hybridized carbons (Fsp3) is 0.333. The molecule has 0 spiro atoms. The van der Waals surface area contributed by atoms with Crippen molar-refractivity contribution < 1.29 is 13.2 Å². The van der Waals surface area contributed by atoms with Crippen LogP contribution in [0.2, 0.25) is 0 Å². The van der Waals surface area contributed by atoms with Gasteiger partial charge in [0.25, 0.3) is 5.91 Å². The third-order valence-electron chi connectivity index (χ3n) is 4.78. The van der Waals surface area contributed by atoms with Crippen LogP contribution in [0.3, 0.4) is 0 Å². The molecule has 7 heteroatoms. The maximum Gasteiger partial charge on any atom is 0.276 e. The Kier molecular flexibility index (Phi) is 4.05. The Morgan fingerprint density at radius 1 is 1.04 bits per heavy atom. The average molecular weight is 357 g/mol. The number of hydrogen-bond donors (Lipinski definition) is 0. The van der Waals surface area contributed by atoms with Gasteiger partial charge in [-0.1, -0.05) is 6.07 Å². The van der Waals surface area contributed by atoms with Crippen LogP contribution in [0.25, 0.3) is 0 Å². The lowest BCUT2D eigenvalue weighted by atomic mass is 10.2. The van der Waals surface area contributed by atoms with Gasteiger partial charge in [0.1, 0.15) is 5.69 Å². The van der Waals surface area contributed by atoms with Crippen LogP contribution >= 0.6 is 0 Å². The Labute approximate surface area is 147 Å². The summed E-state index contributed by atoms with van der Waals surface area (Å²) in [4.78, 5) is 18.7. The first-order valence-corrected chi connectivity index (χ1v) is 9.87. The molecule has 2 aromatic rings. The quantitative estimate of drug-likeness (QED) is 0.843. The summed E-state index contributed by atoms with van der Waals surface area (Å²) in [5.41, 5.74) is 2.06. The molecule has 4 rings (SSSR count). The highest BCUT2D eigenvalue weighted by molar-refractivity contribution is 7.89. The summed E-state index contributed by atoms with van der Waals surface area (Å²) in [6, 6.07) is 10.3. The van der Waals surface area contributed by atoms with Crippen LogP contribution in [0.4, 0.5) is 5.69 Å². The summed E-state index contributed by atoms with van der Waals surface area (Å²) in [5, 5.41) is 0. The minimum atomic E-state index is -3.43. The molecule has 0 bridgehead atoms. The van der Waals surface area contributed by atoms with Crippen molar-refractivity contribution in [2.24, 2.45) is 0 Å². The minimum absolute atomic E-state index is 0.158. The number of carbonyl (C=O) groups excluding carboxylic acids is 1. The van der Waals surface area contributed by atoms with Crippen LogP contribution in [0.5, 0.6) is 0 Å². The number of benzene rings is 1. The van der Waals surface area contributed by atoms with Gasteiger partial charge < -0.3 is 4.90 Å². The smallest absolute Gasteiger partial charge is 0.276 e. The van der Waals surface area contributed by atoms with Gasteiger partial charge >= 0.3 is 0 Å². The van der Waals surface area contributed by atoms with Crippen LogP contribution < -0.4 is 4.90 Å². The van der Waals surface area contributed by atoms with Crippen molar-refractivity contribution in [3.05, 3.63) is 53.9 Å². The number of sulfonamides is 1. The highest BCUT2D eigenvalue weighted by Crippen LogP contribution is 2.32. The highest BCUT2D eigenvalue weighted by Gasteiger charge is 2.31. The molecule has 1 amide bonds. The SMILES string of the molecule is O=C(c1ccccn1)N1CCc2cc(S(=O)(=O)N3CCCC3)ccc21. The summed E-state index contributed by atoms with van der Waals surface area (Å²) in [6.07, 6.45) is 4.07. The van der Waals surface area contributed by atoms with Crippen molar-refractivity contribution in [2.75, 3.05) is 24.5 Å². The van der Waals surface area contributed by atoms with E-state index in [0.717, 1.165) is 24.1 Å². The van der Waals surface area contributed by atoms with E-state index >= 15 is 0 Å². The maximum absolute atomic E-state index is 12.7. The molecule has 2 aliphatic rings. The Morgan fingerprint density at radius 2 is 1.84 bits per heavy atom. The zero-order valence-corrected chi connectivity index (χ0v) is 14.6. The van der Waals surface area contributed by atoms with Crippen molar-refractivity contribution in [1.82, 2.24) is 9.29 Å². The van der Waals surface area contributed by atoms with E-state index in [2.05, 4.69) is 4.98 Å². The molecule has 2 aliphatic heterocycles. The second kappa shape index (κ2) is 6.24. The van der Waals surface area contributed by atoms with Crippen molar-refractivity contribution in [2.45, 2.75) is 24.2 Å². The molecule has 0 saturated carbocycles. The van der Waals surface area contributed by atoms with E-state index in [-0.39, 0.29) is 5.91 Å². The number of nitrogens with zero attached hydrogens (tertiary/aromatic N) is 3. The number of carbonyl (C=O) groups is 1. The van der Waals surface area contributed by atoms with E-state index in [1.165, 1.54) is 0 Å². The summed E-state index contributed by atoms with van der Waals surface area (Å²) in [6.45, 7) is 1.71. The van der Waals surface area contributed by atoms with E-state index in [4.69, 9.17) is 0 Å². The monoisotopic (exact) mass is 357 g/mol. The van der Waals surface area contributed by atoms with E-state index < -0.39 is 10.0 Å². The van der Waals surface area contributed by atoms with Gasteiger partial charge in [0.05, 0.1) is 4.90 Å². The number of rotatable bonds is 3. The largest absolute Gasteiger partial charge is 0.306 e. The van der Waals surface area contributed by atoms with Gasteiger partial charge in [-0.05, 0) is 55.2 Å². The van der Waals surface area contributed by atoms with Gasteiger partial charge in [-0.3, -0.25) is 9.78 Å². The first-order chi connectivity index (χ1) is 12.1. The second-order valence-corrected chi connectivity index (χ2v) is 8.26. The summed E-state index contributed by atoms with van der Waals surface area (Å²) < 4.78 is 27.0. The van der Waals surface area contributed by atoms with Gasteiger partial charge in [0, 0.05) is 31.5 Å². The van der Waals surface area contributed by atoms with Crippen molar-refractivity contribution in [1.29, 1.82) is 0 Å². The second-order valence-electron chi connectivity index (χ2n) is 6.32. The lowest BCUT2D eigenvalue weighted by Crippen LogP contribution is -2.29. The predicted octanol–water partition coefficient (Wildman–Crippen LogP) is 2.07. The van der Waals surface area contributed by atoms with E-state index in [1.807, 2.05) is 0 Å². The van der Waals surface area contributed by atoms with Gasteiger partial charge in [0.2, 0.25) is 10.0 Å². The van der Waals surface area contributed by atoms with E-state index in [0.29, 0.717) is 36.6 Å². The average Bonchev–Trinajstić information content (AvgIpc) is 3.31. The first-order valence-electron chi connectivity index (χ1n) is 8.43. The Bertz CT molecular complexity index is 906. The molecule has 1 saturated heterocycles. The molecule has 6 nitrogen and oxygen atoms in total. The standard InChI is InChI=1S/C18H19N3O3S/c22-18(16-5-1-2-9-19-16)21-12-8-14-13-15(6-7-17(14)21)25(23,24)20-10-3-4-11-20/h1-2,5-7,9,13H,3-4,8,10-12H2. The normalized spacial score (nSPS) is 17.7. The fourth-order valence-electron chi connectivity index (χ4n) is 3.45. The molecule has 0 N–H and O–H groups in total. The number of anilines is 1. The topological polar surface area (TPSA) is 70.6 Å². The first kappa shape index (κ1) is 16.2. The molecule has 1 fully saturated rings. The summed E-state index contributed by atoms with van der Waals surface area (Å²) >= 11 is 0.